The van der Waals surface area contributed by atoms with Crippen LogP contribution in [0.4, 0.5) is 0 Å². The molecule has 5 nitrogen and oxygen atoms in total. The van der Waals surface area contributed by atoms with Crippen molar-refractivity contribution >= 4 is 11.9 Å². The smallest absolute Gasteiger partial charge is 0.323 e. The highest BCUT2D eigenvalue weighted by atomic mass is 16.4. The van der Waals surface area contributed by atoms with E-state index in [2.05, 4.69) is 0 Å². The highest BCUT2D eigenvalue weighted by Crippen LogP contribution is 2.21. The van der Waals surface area contributed by atoms with E-state index in [1.807, 2.05) is 36.4 Å². The van der Waals surface area contributed by atoms with Crippen molar-refractivity contribution in [2.75, 3.05) is 6.61 Å². The van der Waals surface area contributed by atoms with Crippen molar-refractivity contribution in [3.05, 3.63) is 36.4 Å². The van der Waals surface area contributed by atoms with E-state index >= 15 is 0 Å². The molecule has 1 rings (SSSR count). The fourth-order valence-electron chi connectivity index (χ4n) is 1.03. The SMILES string of the molecule is CCC(CO)(C(=O)O)C(=O)O.c1ccccc1. The number of aliphatic hydroxyl groups is 1. The molecule has 0 saturated heterocycles. The fourth-order valence-corrected chi connectivity index (χ4v) is 1.03. The average Bonchev–Trinajstić information content (AvgIpc) is 2.33. The molecule has 0 aliphatic rings. The van der Waals surface area contributed by atoms with Gasteiger partial charge in [0.1, 0.15) is 0 Å². The van der Waals surface area contributed by atoms with Gasteiger partial charge in [-0.1, -0.05) is 43.3 Å². The summed E-state index contributed by atoms with van der Waals surface area (Å²) in [5, 5.41) is 25.5. The number of hydrogen-bond acceptors (Lipinski definition) is 3. The molecule has 17 heavy (non-hydrogen) atoms. The van der Waals surface area contributed by atoms with Gasteiger partial charge < -0.3 is 15.3 Å². The normalized spacial score (nSPS) is 10.0. The van der Waals surface area contributed by atoms with E-state index in [1.165, 1.54) is 6.92 Å². The number of aliphatic carboxylic acids is 2. The Morgan fingerprint density at radius 3 is 1.29 bits per heavy atom. The summed E-state index contributed by atoms with van der Waals surface area (Å²) >= 11 is 0. The predicted octanol–water partition coefficient (Wildman–Crippen LogP) is 1.23. The fraction of sp³-hybridized carbons (Fsp3) is 0.333. The maximum Gasteiger partial charge on any atom is 0.323 e. The van der Waals surface area contributed by atoms with E-state index < -0.39 is 24.0 Å². The summed E-state index contributed by atoms with van der Waals surface area (Å²) in [5.74, 6) is -3.01. The summed E-state index contributed by atoms with van der Waals surface area (Å²) in [6, 6.07) is 12.0. The maximum atomic E-state index is 10.4. The standard InChI is InChI=1S/C6H10O5.C6H6/c1-2-6(3-7,4(8)9)5(10)11;1-2-4-6-5-3-1/h7H,2-3H2,1H3,(H,8,9)(H,10,11);1-6H. The summed E-state index contributed by atoms with van der Waals surface area (Å²) < 4.78 is 0. The predicted molar refractivity (Wildman–Crippen MR) is 61.5 cm³/mol. The largest absolute Gasteiger partial charge is 0.480 e. The third kappa shape index (κ3) is 4.24. The molecule has 94 valence electrons. The Morgan fingerprint density at radius 1 is 0.941 bits per heavy atom. The van der Waals surface area contributed by atoms with Gasteiger partial charge in [0, 0.05) is 0 Å². The molecule has 0 saturated carbocycles. The lowest BCUT2D eigenvalue weighted by Crippen LogP contribution is -2.42. The van der Waals surface area contributed by atoms with Crippen molar-refractivity contribution in [1.82, 2.24) is 0 Å². The second-order valence-corrected chi connectivity index (χ2v) is 3.36. The lowest BCUT2D eigenvalue weighted by molar-refractivity contribution is -0.168. The van der Waals surface area contributed by atoms with Crippen molar-refractivity contribution < 1.29 is 24.9 Å². The molecule has 0 aliphatic carbocycles. The van der Waals surface area contributed by atoms with Crippen LogP contribution in [-0.2, 0) is 9.59 Å². The first-order valence-electron chi connectivity index (χ1n) is 5.09. The van der Waals surface area contributed by atoms with Crippen LogP contribution in [0.1, 0.15) is 13.3 Å². The van der Waals surface area contributed by atoms with Crippen LogP contribution >= 0.6 is 0 Å². The van der Waals surface area contributed by atoms with Gasteiger partial charge in [-0.15, -0.1) is 0 Å². The number of aliphatic hydroxyl groups excluding tert-OH is 1. The van der Waals surface area contributed by atoms with Gasteiger partial charge in [0.05, 0.1) is 6.61 Å². The summed E-state index contributed by atoms with van der Waals surface area (Å²) in [6.45, 7) is 0.520. The molecular weight excluding hydrogens is 224 g/mol. The minimum atomic E-state index is -2.03. The molecule has 0 amide bonds. The lowest BCUT2D eigenvalue weighted by atomic mass is 9.86. The first-order valence-corrected chi connectivity index (χ1v) is 5.09. The van der Waals surface area contributed by atoms with Crippen molar-refractivity contribution in [3.63, 3.8) is 0 Å². The summed E-state index contributed by atoms with van der Waals surface area (Å²) in [6.07, 6.45) is -0.131. The number of carboxylic acids is 2. The molecule has 0 fully saturated rings. The molecule has 1 aromatic carbocycles. The molecule has 0 radical (unpaired) electrons. The van der Waals surface area contributed by atoms with E-state index in [1.54, 1.807) is 0 Å². The van der Waals surface area contributed by atoms with Crippen LogP contribution in [0.5, 0.6) is 0 Å². The summed E-state index contributed by atoms with van der Waals surface area (Å²) in [5.41, 5.74) is -2.03. The first kappa shape index (κ1) is 15.1. The van der Waals surface area contributed by atoms with Crippen LogP contribution < -0.4 is 0 Å². The Bertz CT molecular complexity index is 300. The quantitative estimate of drug-likeness (QED) is 0.688. The Hall–Kier alpha value is -1.88. The highest BCUT2D eigenvalue weighted by Gasteiger charge is 2.44. The zero-order valence-electron chi connectivity index (χ0n) is 9.54. The Kier molecular flexibility index (Phi) is 6.58. The van der Waals surface area contributed by atoms with Crippen LogP contribution in [0.2, 0.25) is 0 Å². The van der Waals surface area contributed by atoms with Crippen molar-refractivity contribution in [3.8, 4) is 0 Å². The average molecular weight is 240 g/mol. The van der Waals surface area contributed by atoms with Gasteiger partial charge in [-0.05, 0) is 6.42 Å². The van der Waals surface area contributed by atoms with Crippen LogP contribution in [0.3, 0.4) is 0 Å². The van der Waals surface area contributed by atoms with Gasteiger partial charge in [0.25, 0.3) is 0 Å². The molecule has 0 unspecified atom stereocenters. The molecule has 0 atom stereocenters. The topological polar surface area (TPSA) is 94.8 Å². The first-order chi connectivity index (χ1) is 8.01. The number of carboxylic acid groups (broad SMARTS) is 2. The third-order valence-electron chi connectivity index (χ3n) is 2.36. The van der Waals surface area contributed by atoms with Gasteiger partial charge in [-0.3, -0.25) is 9.59 Å². The van der Waals surface area contributed by atoms with Crippen LogP contribution in [-0.4, -0.2) is 33.9 Å². The minimum Gasteiger partial charge on any atom is -0.480 e. The Morgan fingerprint density at radius 2 is 1.24 bits per heavy atom. The molecule has 5 heteroatoms. The second-order valence-electron chi connectivity index (χ2n) is 3.36. The molecule has 0 aliphatic heterocycles. The molecule has 0 aromatic heterocycles. The van der Waals surface area contributed by atoms with E-state index in [-0.39, 0.29) is 6.42 Å². The summed E-state index contributed by atoms with van der Waals surface area (Å²) in [7, 11) is 0. The van der Waals surface area contributed by atoms with Gasteiger partial charge in [-0.2, -0.15) is 0 Å². The van der Waals surface area contributed by atoms with Crippen LogP contribution in [0.25, 0.3) is 0 Å². The van der Waals surface area contributed by atoms with Crippen LogP contribution in [0, 0.1) is 5.41 Å². The Balaban J connectivity index is 0.000000354. The second kappa shape index (κ2) is 7.40. The van der Waals surface area contributed by atoms with Crippen molar-refractivity contribution in [2.24, 2.45) is 5.41 Å². The monoisotopic (exact) mass is 240 g/mol. The van der Waals surface area contributed by atoms with Crippen LogP contribution in [0.15, 0.2) is 36.4 Å². The van der Waals surface area contributed by atoms with E-state index in [0.717, 1.165) is 0 Å². The summed E-state index contributed by atoms with van der Waals surface area (Å²) in [4.78, 5) is 20.8. The number of carbonyl (C=O) groups is 2. The molecule has 1 aromatic rings. The maximum absolute atomic E-state index is 10.4. The molecular formula is C12H16O5. The zero-order chi connectivity index (χ0) is 13.3. The molecule has 0 spiro atoms. The molecule has 3 N–H and O–H groups in total. The van der Waals surface area contributed by atoms with Gasteiger partial charge >= 0.3 is 11.9 Å². The van der Waals surface area contributed by atoms with E-state index in [0.29, 0.717) is 0 Å². The molecule has 0 heterocycles. The van der Waals surface area contributed by atoms with E-state index in [4.69, 9.17) is 15.3 Å². The van der Waals surface area contributed by atoms with Crippen molar-refractivity contribution in [2.45, 2.75) is 13.3 Å². The zero-order valence-corrected chi connectivity index (χ0v) is 9.54. The van der Waals surface area contributed by atoms with Gasteiger partial charge in [0.15, 0.2) is 5.41 Å². The highest BCUT2D eigenvalue weighted by molar-refractivity contribution is 5.98. The van der Waals surface area contributed by atoms with Crippen molar-refractivity contribution in [1.29, 1.82) is 0 Å². The number of hydrogen-bond donors (Lipinski definition) is 3. The van der Waals surface area contributed by atoms with Gasteiger partial charge in [0.2, 0.25) is 0 Å². The Labute approximate surface area is 99.3 Å². The third-order valence-corrected chi connectivity index (χ3v) is 2.36. The number of rotatable bonds is 4. The minimum absolute atomic E-state index is 0.131. The lowest BCUT2D eigenvalue weighted by Gasteiger charge is -2.19. The molecule has 0 bridgehead atoms. The van der Waals surface area contributed by atoms with E-state index in [9.17, 15) is 9.59 Å². The number of benzene rings is 1. The van der Waals surface area contributed by atoms with Gasteiger partial charge in [-0.25, -0.2) is 0 Å².